The van der Waals surface area contributed by atoms with E-state index in [9.17, 15) is 0 Å². The highest BCUT2D eigenvalue weighted by atomic mass is 16.5. The zero-order valence-electron chi connectivity index (χ0n) is 10.3. The van der Waals surface area contributed by atoms with E-state index in [1.807, 2.05) is 32.0 Å². The monoisotopic (exact) mass is 232 g/mol. The zero-order chi connectivity index (χ0) is 12.3. The van der Waals surface area contributed by atoms with Crippen LogP contribution in [0.5, 0.6) is 5.75 Å². The van der Waals surface area contributed by atoms with Gasteiger partial charge in [-0.15, -0.1) is 0 Å². The van der Waals surface area contributed by atoms with Crippen LogP contribution in [-0.4, -0.2) is 12.1 Å². The first kappa shape index (κ1) is 11.5. The molecule has 1 aromatic heterocycles. The number of methoxy groups -OCH3 is 1. The Morgan fingerprint density at radius 2 is 2.24 bits per heavy atom. The second kappa shape index (κ2) is 4.91. The van der Waals surface area contributed by atoms with Crippen molar-refractivity contribution in [1.82, 2.24) is 4.98 Å². The third-order valence-corrected chi connectivity index (χ3v) is 2.59. The maximum atomic E-state index is 5.50. The maximum Gasteiger partial charge on any atom is 0.299 e. The minimum Gasteiger partial charge on any atom is -0.497 e. The lowest BCUT2D eigenvalue weighted by Crippen LogP contribution is -1.94. The predicted molar refractivity (Wildman–Crippen MR) is 66.9 cm³/mol. The van der Waals surface area contributed by atoms with Gasteiger partial charge < -0.3 is 14.5 Å². The number of ether oxygens (including phenoxy) is 1. The van der Waals surface area contributed by atoms with Gasteiger partial charge in [-0.2, -0.15) is 0 Å². The van der Waals surface area contributed by atoms with Crippen molar-refractivity contribution in [3.05, 3.63) is 35.7 Å². The van der Waals surface area contributed by atoms with Crippen LogP contribution in [0.25, 0.3) is 0 Å². The molecule has 1 aromatic carbocycles. The lowest BCUT2D eigenvalue weighted by Gasteiger charge is -2.08. The lowest BCUT2D eigenvalue weighted by molar-refractivity contribution is 0.415. The molecule has 0 amide bonds. The van der Waals surface area contributed by atoms with Crippen molar-refractivity contribution < 1.29 is 9.15 Å². The van der Waals surface area contributed by atoms with E-state index in [2.05, 4.69) is 10.3 Å². The van der Waals surface area contributed by atoms with Crippen molar-refractivity contribution in [3.63, 3.8) is 0 Å². The predicted octanol–water partition coefficient (Wildman–Crippen LogP) is 3.30. The van der Waals surface area contributed by atoms with Gasteiger partial charge in [0.1, 0.15) is 11.5 Å². The minimum absolute atomic E-state index is 0.512. The van der Waals surface area contributed by atoms with Gasteiger partial charge in [-0.25, -0.2) is 4.98 Å². The maximum absolute atomic E-state index is 5.50. The topological polar surface area (TPSA) is 47.3 Å². The average molecular weight is 232 g/mol. The van der Waals surface area contributed by atoms with Crippen molar-refractivity contribution in [3.8, 4) is 5.75 Å². The van der Waals surface area contributed by atoms with Crippen LogP contribution in [0.2, 0.25) is 0 Å². The number of anilines is 2. The minimum atomic E-state index is 0.512. The summed E-state index contributed by atoms with van der Waals surface area (Å²) >= 11 is 0. The second-order valence-electron chi connectivity index (χ2n) is 3.79. The molecule has 1 heterocycles. The fourth-order valence-corrected chi connectivity index (χ4v) is 1.51. The SMILES string of the molecule is CCc1cnc(Nc2cc(OC)ccc2C)o1. The summed E-state index contributed by atoms with van der Waals surface area (Å²) < 4.78 is 10.7. The molecule has 0 aliphatic rings. The Hall–Kier alpha value is -1.97. The van der Waals surface area contributed by atoms with Crippen molar-refractivity contribution in [2.45, 2.75) is 20.3 Å². The number of oxazole rings is 1. The smallest absolute Gasteiger partial charge is 0.299 e. The molecule has 2 aromatic rings. The standard InChI is InChI=1S/C13H16N2O2/c1-4-10-8-14-13(17-10)15-12-7-11(16-3)6-5-9(12)2/h5-8H,4H2,1-3H3,(H,14,15). The van der Waals surface area contributed by atoms with Crippen molar-refractivity contribution >= 4 is 11.7 Å². The zero-order valence-corrected chi connectivity index (χ0v) is 10.3. The molecule has 0 bridgehead atoms. The molecule has 0 saturated carbocycles. The van der Waals surface area contributed by atoms with Gasteiger partial charge >= 0.3 is 0 Å². The molecule has 0 fully saturated rings. The fourth-order valence-electron chi connectivity index (χ4n) is 1.51. The molecule has 0 atom stereocenters. The van der Waals surface area contributed by atoms with E-state index in [1.54, 1.807) is 13.3 Å². The quantitative estimate of drug-likeness (QED) is 0.878. The number of aryl methyl sites for hydroxylation is 2. The van der Waals surface area contributed by atoms with Crippen LogP contribution in [-0.2, 0) is 6.42 Å². The first-order valence-electron chi connectivity index (χ1n) is 5.59. The van der Waals surface area contributed by atoms with Crippen LogP contribution in [0.15, 0.2) is 28.8 Å². The van der Waals surface area contributed by atoms with E-state index < -0.39 is 0 Å². The molecule has 0 saturated heterocycles. The molecule has 2 rings (SSSR count). The summed E-state index contributed by atoms with van der Waals surface area (Å²) in [6.45, 7) is 4.05. The third-order valence-electron chi connectivity index (χ3n) is 2.59. The summed E-state index contributed by atoms with van der Waals surface area (Å²) in [6, 6.07) is 6.35. The molecular formula is C13H16N2O2. The van der Waals surface area contributed by atoms with Gasteiger partial charge in [0.15, 0.2) is 0 Å². The Bertz CT molecular complexity index is 506. The molecule has 17 heavy (non-hydrogen) atoms. The average Bonchev–Trinajstić information content (AvgIpc) is 2.80. The summed E-state index contributed by atoms with van der Waals surface area (Å²) in [5, 5.41) is 3.14. The molecule has 0 aliphatic carbocycles. The summed E-state index contributed by atoms with van der Waals surface area (Å²) in [6.07, 6.45) is 2.57. The van der Waals surface area contributed by atoms with E-state index in [0.717, 1.165) is 29.2 Å². The van der Waals surface area contributed by atoms with E-state index in [0.29, 0.717) is 6.01 Å². The van der Waals surface area contributed by atoms with Crippen molar-refractivity contribution in [2.24, 2.45) is 0 Å². The van der Waals surface area contributed by atoms with Gasteiger partial charge in [-0.05, 0) is 18.6 Å². The fraction of sp³-hybridized carbons (Fsp3) is 0.308. The molecule has 0 aliphatic heterocycles. The molecular weight excluding hydrogens is 216 g/mol. The number of nitrogens with one attached hydrogen (secondary N) is 1. The highest BCUT2D eigenvalue weighted by molar-refractivity contribution is 5.60. The normalized spacial score (nSPS) is 10.3. The Labute approximate surface area is 101 Å². The second-order valence-corrected chi connectivity index (χ2v) is 3.79. The number of rotatable bonds is 4. The van der Waals surface area contributed by atoms with E-state index in [4.69, 9.17) is 9.15 Å². The van der Waals surface area contributed by atoms with Gasteiger partial charge in [-0.3, -0.25) is 0 Å². The number of hydrogen-bond acceptors (Lipinski definition) is 4. The summed E-state index contributed by atoms with van der Waals surface area (Å²) in [4.78, 5) is 4.16. The van der Waals surface area contributed by atoms with Crippen molar-refractivity contribution in [1.29, 1.82) is 0 Å². The summed E-state index contributed by atoms with van der Waals surface area (Å²) in [7, 11) is 1.65. The Morgan fingerprint density at radius 3 is 2.88 bits per heavy atom. The van der Waals surface area contributed by atoms with E-state index in [1.165, 1.54) is 0 Å². The Kier molecular flexibility index (Phi) is 3.32. The number of nitrogens with zero attached hydrogens (tertiary/aromatic N) is 1. The molecule has 0 spiro atoms. The lowest BCUT2D eigenvalue weighted by atomic mass is 10.2. The molecule has 90 valence electrons. The first-order chi connectivity index (χ1) is 8.22. The van der Waals surface area contributed by atoms with Crippen LogP contribution in [0, 0.1) is 6.92 Å². The number of aromatic nitrogens is 1. The van der Waals surface area contributed by atoms with Crippen LogP contribution >= 0.6 is 0 Å². The van der Waals surface area contributed by atoms with Gasteiger partial charge in [0.05, 0.1) is 13.3 Å². The molecule has 0 unspecified atom stereocenters. The number of benzene rings is 1. The number of hydrogen-bond donors (Lipinski definition) is 1. The van der Waals surface area contributed by atoms with Gasteiger partial charge in [0.25, 0.3) is 6.01 Å². The van der Waals surface area contributed by atoms with Gasteiger partial charge in [0.2, 0.25) is 0 Å². The van der Waals surface area contributed by atoms with Crippen LogP contribution < -0.4 is 10.1 Å². The van der Waals surface area contributed by atoms with Crippen molar-refractivity contribution in [2.75, 3.05) is 12.4 Å². The summed E-state index contributed by atoms with van der Waals surface area (Å²) in [5.41, 5.74) is 2.05. The van der Waals surface area contributed by atoms with E-state index in [-0.39, 0.29) is 0 Å². The highest BCUT2D eigenvalue weighted by Crippen LogP contribution is 2.25. The third kappa shape index (κ3) is 2.58. The molecule has 4 heteroatoms. The van der Waals surface area contributed by atoms with E-state index >= 15 is 0 Å². The first-order valence-corrected chi connectivity index (χ1v) is 5.59. The Morgan fingerprint density at radius 1 is 1.41 bits per heavy atom. The molecule has 4 nitrogen and oxygen atoms in total. The Balaban J connectivity index is 2.22. The van der Waals surface area contributed by atoms with Crippen LogP contribution in [0.4, 0.5) is 11.7 Å². The molecule has 1 N–H and O–H groups in total. The van der Waals surface area contributed by atoms with Gasteiger partial charge in [-0.1, -0.05) is 13.0 Å². The van der Waals surface area contributed by atoms with Crippen LogP contribution in [0.1, 0.15) is 18.2 Å². The van der Waals surface area contributed by atoms with Crippen LogP contribution in [0.3, 0.4) is 0 Å². The summed E-state index contributed by atoms with van der Waals surface area (Å²) in [5.74, 6) is 1.67. The highest BCUT2D eigenvalue weighted by Gasteiger charge is 2.05. The largest absolute Gasteiger partial charge is 0.497 e. The molecule has 0 radical (unpaired) electrons. The van der Waals surface area contributed by atoms with Gasteiger partial charge in [0, 0.05) is 18.2 Å².